The van der Waals surface area contributed by atoms with E-state index >= 15 is 0 Å². The summed E-state index contributed by atoms with van der Waals surface area (Å²) in [5.74, 6) is -5.02. The Balaban J connectivity index is 1.49. The Morgan fingerprint density at radius 3 is 2.14 bits per heavy atom. The van der Waals surface area contributed by atoms with Gasteiger partial charge >= 0.3 is 5.97 Å². The van der Waals surface area contributed by atoms with Gasteiger partial charge in [-0.2, -0.15) is 0 Å². The van der Waals surface area contributed by atoms with E-state index in [2.05, 4.69) is 0 Å². The van der Waals surface area contributed by atoms with Gasteiger partial charge in [0, 0.05) is 5.69 Å². The number of carboxylic acid groups (broad SMARTS) is 1. The van der Waals surface area contributed by atoms with E-state index in [1.165, 1.54) is 41.3 Å². The van der Waals surface area contributed by atoms with E-state index in [0.29, 0.717) is 5.56 Å². The van der Waals surface area contributed by atoms with Gasteiger partial charge in [0.05, 0.1) is 23.5 Å². The summed E-state index contributed by atoms with van der Waals surface area (Å²) < 4.78 is 72.2. The van der Waals surface area contributed by atoms with Crippen molar-refractivity contribution in [1.82, 2.24) is 0 Å². The second-order valence-electron chi connectivity index (χ2n) is 9.98. The lowest BCUT2D eigenvalue weighted by atomic mass is 9.78. The number of nitrogens with zero attached hydrogens (tertiary/aromatic N) is 1. The zero-order chi connectivity index (χ0) is 33.6. The molecule has 10 nitrogen and oxygen atoms in total. The van der Waals surface area contributed by atoms with Crippen molar-refractivity contribution in [2.45, 2.75) is 55.7 Å². The molecular formula is C30H29F2NO9. The average molecular weight is 590 g/mol. The predicted molar refractivity (Wildman–Crippen MR) is 142 cm³/mol. The number of aliphatic carboxylic acids is 1. The predicted octanol–water partition coefficient (Wildman–Crippen LogP) is 2.45. The van der Waals surface area contributed by atoms with E-state index in [9.17, 15) is 43.9 Å². The molecule has 0 saturated carbocycles. The highest BCUT2D eigenvalue weighted by Gasteiger charge is 2.49. The molecule has 0 bridgehead atoms. The monoisotopic (exact) mass is 589 g/mol. The van der Waals surface area contributed by atoms with Crippen LogP contribution in [0.4, 0.5) is 14.5 Å². The highest BCUT2D eigenvalue weighted by molar-refractivity contribution is 6.03. The summed E-state index contributed by atoms with van der Waals surface area (Å²) in [6, 6.07) is 5.90. The van der Waals surface area contributed by atoms with Crippen LogP contribution < -0.4 is 9.64 Å². The van der Waals surface area contributed by atoms with E-state index in [1.807, 2.05) is 0 Å². The fourth-order valence-corrected chi connectivity index (χ4v) is 5.02. The van der Waals surface area contributed by atoms with Gasteiger partial charge in [-0.25, -0.2) is 13.6 Å². The van der Waals surface area contributed by atoms with Crippen molar-refractivity contribution in [1.29, 1.82) is 0 Å². The molecule has 0 spiro atoms. The summed E-state index contributed by atoms with van der Waals surface area (Å²) in [6.07, 6.45) is -11.3. The molecule has 12 heteroatoms. The number of hydrogen-bond donors (Lipinski definition) is 5. The highest BCUT2D eigenvalue weighted by atomic mass is 19.1. The number of aliphatic hydroxyl groups excluding tert-OH is 4. The number of benzene rings is 3. The summed E-state index contributed by atoms with van der Waals surface area (Å²) in [6.45, 7) is 0. The third-order valence-electron chi connectivity index (χ3n) is 7.29. The molecule has 0 radical (unpaired) electrons. The smallest absolute Gasteiger partial charge is 0.335 e. The van der Waals surface area contributed by atoms with Gasteiger partial charge < -0.3 is 39.9 Å². The van der Waals surface area contributed by atoms with Crippen molar-refractivity contribution in [3.05, 3.63) is 95.5 Å². The number of amides is 1. The molecule has 3 aromatic rings. The second-order valence-corrected chi connectivity index (χ2v) is 9.98. The van der Waals surface area contributed by atoms with Gasteiger partial charge in [-0.3, -0.25) is 4.79 Å². The lowest BCUT2D eigenvalue weighted by molar-refractivity contribution is -0.271. The zero-order valence-corrected chi connectivity index (χ0v) is 21.7. The van der Waals surface area contributed by atoms with Crippen LogP contribution in [0.25, 0.3) is 0 Å². The van der Waals surface area contributed by atoms with Crippen LogP contribution in [0.3, 0.4) is 0 Å². The molecule has 42 heavy (non-hydrogen) atoms. The summed E-state index contributed by atoms with van der Waals surface area (Å²) in [7, 11) is 0. The van der Waals surface area contributed by atoms with E-state index in [-0.39, 0.29) is 24.1 Å². The maximum atomic E-state index is 13.7. The molecule has 0 aromatic heterocycles. The molecule has 2 aliphatic rings. The average Bonchev–Trinajstić information content (AvgIpc) is 3.02. The largest absolute Gasteiger partial charge is 0.479 e. The van der Waals surface area contributed by atoms with Gasteiger partial charge in [0.15, 0.2) is 6.10 Å². The minimum absolute atomic E-state index is 0.00888. The minimum atomic E-state index is -2.05. The van der Waals surface area contributed by atoms with Crippen molar-refractivity contribution in [3.8, 4) is 5.75 Å². The van der Waals surface area contributed by atoms with Crippen molar-refractivity contribution in [2.75, 3.05) is 4.90 Å². The first-order valence-corrected chi connectivity index (χ1v) is 12.9. The van der Waals surface area contributed by atoms with Gasteiger partial charge in [-0.15, -0.1) is 0 Å². The van der Waals surface area contributed by atoms with Crippen LogP contribution >= 0.6 is 0 Å². The SMILES string of the molecule is [2H]c1c([2H])c([C@@H]2[C@@H](CC[C@H](O)c3ccc(F)cc3)C(=O)N2c2ccc(F)cc2)c([2H])c([2H])c1O[C@@H]1O[C@H](C(=O)O)[C@@H](O)[C@H](O)[C@H]1O. The lowest BCUT2D eigenvalue weighted by Gasteiger charge is -2.48. The Labute approximate surface area is 244 Å². The first kappa shape index (κ1) is 24.6. The number of ether oxygens (including phenoxy) is 2. The number of carbonyl (C=O) groups is 2. The van der Waals surface area contributed by atoms with Crippen molar-refractivity contribution in [3.63, 3.8) is 0 Å². The zero-order valence-electron chi connectivity index (χ0n) is 25.7. The van der Waals surface area contributed by atoms with Crippen molar-refractivity contribution >= 4 is 17.6 Å². The van der Waals surface area contributed by atoms with E-state index in [1.54, 1.807) is 0 Å². The normalized spacial score (nSPS) is 29.5. The van der Waals surface area contributed by atoms with E-state index in [4.69, 9.17) is 15.0 Å². The molecule has 2 fully saturated rings. The number of carbonyl (C=O) groups excluding carboxylic acids is 1. The number of aliphatic hydroxyl groups is 4. The van der Waals surface area contributed by atoms with E-state index in [0.717, 1.165) is 12.1 Å². The van der Waals surface area contributed by atoms with Gasteiger partial charge in [0.1, 0.15) is 35.7 Å². The molecule has 2 heterocycles. The van der Waals surface area contributed by atoms with Gasteiger partial charge in [-0.1, -0.05) is 24.2 Å². The lowest BCUT2D eigenvalue weighted by Crippen LogP contribution is -2.61. The molecule has 8 atom stereocenters. The first-order valence-electron chi connectivity index (χ1n) is 14.9. The number of halogens is 2. The molecule has 1 amide bonds. The quantitative estimate of drug-likeness (QED) is 0.237. The molecule has 5 N–H and O–H groups in total. The number of rotatable bonds is 9. The molecule has 2 aliphatic heterocycles. The third kappa shape index (κ3) is 5.85. The summed E-state index contributed by atoms with van der Waals surface area (Å²) in [5.41, 5.74) is 0.354. The Morgan fingerprint density at radius 2 is 1.55 bits per heavy atom. The fraction of sp³-hybridized carbons (Fsp3) is 0.333. The standard InChI is InChI=1S/C30H29F2NO9/c31-17-5-1-15(2-6-17)22(34)14-13-21-23(33(28(21)38)19-9-7-18(32)8-10-19)16-3-11-20(12-4-16)41-30-26(37)24(35)25(36)27(42-30)29(39)40/h1-12,21-27,30,34-37H,13-14H2,(H,39,40)/t21-,22+,23-,24+,25+,26-,27+,30-/m1/s1/i3D,4D,11D,12D. The first-order chi connectivity index (χ1) is 21.7. The van der Waals surface area contributed by atoms with Crippen LogP contribution in [0.1, 0.15) is 41.6 Å². The van der Waals surface area contributed by atoms with Crippen molar-refractivity contribution in [2.24, 2.45) is 5.92 Å². The number of β-lactam (4-membered cyclic amide) rings is 1. The Kier molecular flexibility index (Phi) is 7.11. The van der Waals surface area contributed by atoms with Crippen LogP contribution in [0.15, 0.2) is 72.7 Å². The summed E-state index contributed by atoms with van der Waals surface area (Å²) in [4.78, 5) is 26.1. The highest BCUT2D eigenvalue weighted by Crippen LogP contribution is 2.46. The van der Waals surface area contributed by atoms with Gasteiger partial charge in [0.2, 0.25) is 12.2 Å². The van der Waals surface area contributed by atoms with Crippen LogP contribution in [-0.4, -0.2) is 68.1 Å². The Bertz CT molecular complexity index is 1600. The maximum absolute atomic E-state index is 13.7. The summed E-state index contributed by atoms with van der Waals surface area (Å²) >= 11 is 0. The topological polar surface area (TPSA) is 157 Å². The molecule has 2 saturated heterocycles. The van der Waals surface area contributed by atoms with E-state index < -0.39 is 102 Å². The van der Waals surface area contributed by atoms with Crippen LogP contribution in [0.5, 0.6) is 5.75 Å². The molecule has 222 valence electrons. The molecule has 0 unspecified atom stereocenters. The number of anilines is 1. The summed E-state index contributed by atoms with van der Waals surface area (Å²) in [5, 5.41) is 50.4. The fourth-order valence-electron chi connectivity index (χ4n) is 5.02. The molecule has 5 rings (SSSR count). The molecule has 3 aromatic carbocycles. The van der Waals surface area contributed by atoms with Crippen molar-refractivity contribution < 1.29 is 58.9 Å². The van der Waals surface area contributed by atoms with Gasteiger partial charge in [-0.05, 0) is 72.5 Å². The molecular weight excluding hydrogens is 556 g/mol. The third-order valence-corrected chi connectivity index (χ3v) is 7.29. The Morgan fingerprint density at radius 1 is 0.952 bits per heavy atom. The van der Waals surface area contributed by atoms with Crippen LogP contribution in [0, 0.1) is 17.6 Å². The minimum Gasteiger partial charge on any atom is -0.479 e. The maximum Gasteiger partial charge on any atom is 0.335 e. The Hall–Kier alpha value is -3.94. The van der Waals surface area contributed by atoms with Crippen LogP contribution in [0.2, 0.25) is 0 Å². The number of carboxylic acids is 1. The van der Waals surface area contributed by atoms with Gasteiger partial charge in [0.25, 0.3) is 0 Å². The number of hydrogen-bond acceptors (Lipinski definition) is 8. The van der Waals surface area contributed by atoms with Crippen LogP contribution in [-0.2, 0) is 14.3 Å². The second kappa shape index (κ2) is 12.1. The molecule has 0 aliphatic carbocycles.